The molecule has 2 amide bonds. The lowest BCUT2D eigenvalue weighted by atomic mass is 9.77. The number of piperidine rings is 1. The van der Waals surface area contributed by atoms with Crippen LogP contribution in [0.5, 0.6) is 0 Å². The third-order valence-electron chi connectivity index (χ3n) is 7.66. The maximum atomic E-state index is 13.6. The maximum absolute atomic E-state index is 13.6. The van der Waals surface area contributed by atoms with E-state index in [1.54, 1.807) is 36.3 Å². The summed E-state index contributed by atoms with van der Waals surface area (Å²) >= 11 is 0. The third kappa shape index (κ3) is 5.17. The number of nitrogens with two attached hydrogens (primary N) is 1. The molecule has 2 atom stereocenters. The maximum Gasteiger partial charge on any atom is 0.253 e. The number of hydrogen-bond donors (Lipinski definition) is 4. The summed E-state index contributed by atoms with van der Waals surface area (Å²) in [6.07, 6.45) is 9.99. The van der Waals surface area contributed by atoms with E-state index >= 15 is 0 Å². The molecular formula is C28H34N6O4. The van der Waals surface area contributed by atoms with Crippen LogP contribution in [0.3, 0.4) is 0 Å². The Balaban J connectivity index is 1.39. The van der Waals surface area contributed by atoms with Gasteiger partial charge in [-0.05, 0) is 67.5 Å². The highest BCUT2D eigenvalue weighted by Gasteiger charge is 2.49. The van der Waals surface area contributed by atoms with Crippen molar-refractivity contribution in [3.8, 4) is 0 Å². The van der Waals surface area contributed by atoms with Gasteiger partial charge in [0.2, 0.25) is 11.8 Å². The molecule has 2 unspecified atom stereocenters. The van der Waals surface area contributed by atoms with Crippen LogP contribution < -0.4 is 5.73 Å². The van der Waals surface area contributed by atoms with Crippen LogP contribution in [0.1, 0.15) is 42.1 Å². The number of rotatable bonds is 6. The molecule has 2 fully saturated rings. The van der Waals surface area contributed by atoms with Crippen molar-refractivity contribution in [2.24, 2.45) is 17.1 Å². The van der Waals surface area contributed by atoms with Gasteiger partial charge in [-0.25, -0.2) is 0 Å². The monoisotopic (exact) mass is 518 g/mol. The molecule has 38 heavy (non-hydrogen) atoms. The van der Waals surface area contributed by atoms with Gasteiger partial charge in [0.1, 0.15) is 0 Å². The molecule has 1 aromatic carbocycles. The average Bonchev–Trinajstić information content (AvgIpc) is 3.24. The first kappa shape index (κ1) is 27.0. The van der Waals surface area contributed by atoms with Crippen molar-refractivity contribution < 1.29 is 19.1 Å². The van der Waals surface area contributed by atoms with Crippen LogP contribution in [0.25, 0.3) is 0 Å². The molecule has 4 rings (SSSR count). The van der Waals surface area contributed by atoms with E-state index in [0.29, 0.717) is 49.2 Å². The summed E-state index contributed by atoms with van der Waals surface area (Å²) in [5, 5.41) is 22.8. The number of nitrogens with zero attached hydrogens (tertiary/aromatic N) is 2. The molecule has 2 saturated heterocycles. The first-order valence-corrected chi connectivity index (χ1v) is 12.6. The highest BCUT2D eigenvalue weighted by Crippen LogP contribution is 2.44. The number of carbonyl (C=O) groups excluding carboxylic acids is 2. The van der Waals surface area contributed by atoms with Crippen molar-refractivity contribution in [3.63, 3.8) is 0 Å². The number of allylic oxidation sites excluding steroid dienone is 1. The molecule has 10 heteroatoms. The van der Waals surface area contributed by atoms with E-state index in [4.69, 9.17) is 31.4 Å². The summed E-state index contributed by atoms with van der Waals surface area (Å²) in [5.74, 6) is -0.413. The Kier molecular flexibility index (Phi) is 7.91. The SMILES string of the molecule is COC1C=C(N2CCC3(CCN(C(=O)c4ccc(C(=N)OC(C)=N)cc4)CC3)C2=O)C=CC1/C(C=N)=C/N. The largest absolute Gasteiger partial charge is 0.426 e. The number of ether oxygens (including phenoxy) is 2. The minimum atomic E-state index is -0.483. The fourth-order valence-corrected chi connectivity index (χ4v) is 5.42. The zero-order valence-corrected chi connectivity index (χ0v) is 21.7. The quantitative estimate of drug-likeness (QED) is 0.336. The van der Waals surface area contributed by atoms with E-state index < -0.39 is 5.41 Å². The van der Waals surface area contributed by atoms with Crippen molar-refractivity contribution in [1.82, 2.24) is 9.80 Å². The summed E-state index contributed by atoms with van der Waals surface area (Å²) in [7, 11) is 1.60. The zero-order valence-electron chi connectivity index (χ0n) is 21.7. The molecular weight excluding hydrogens is 484 g/mol. The van der Waals surface area contributed by atoms with Gasteiger partial charge in [-0.1, -0.05) is 6.08 Å². The summed E-state index contributed by atoms with van der Waals surface area (Å²) < 4.78 is 10.6. The molecule has 3 aliphatic rings. The molecule has 0 saturated carbocycles. The predicted molar refractivity (Wildman–Crippen MR) is 144 cm³/mol. The molecule has 5 N–H and O–H groups in total. The van der Waals surface area contributed by atoms with E-state index in [9.17, 15) is 9.59 Å². The third-order valence-corrected chi connectivity index (χ3v) is 7.66. The average molecular weight is 519 g/mol. The number of nitrogens with one attached hydrogen (secondary N) is 3. The van der Waals surface area contributed by atoms with E-state index in [1.807, 2.05) is 23.1 Å². The Bertz CT molecular complexity index is 1220. The van der Waals surface area contributed by atoms with Gasteiger partial charge in [-0.3, -0.25) is 20.4 Å². The Morgan fingerprint density at radius 2 is 1.74 bits per heavy atom. The highest BCUT2D eigenvalue weighted by molar-refractivity contribution is 6.00. The summed E-state index contributed by atoms with van der Waals surface area (Å²) in [6.45, 7) is 3.05. The summed E-state index contributed by atoms with van der Waals surface area (Å²) in [5.41, 5.74) is 7.63. The molecule has 200 valence electrons. The van der Waals surface area contributed by atoms with Gasteiger partial charge in [0.15, 0.2) is 5.90 Å². The molecule has 10 nitrogen and oxygen atoms in total. The minimum Gasteiger partial charge on any atom is -0.426 e. The predicted octanol–water partition coefficient (Wildman–Crippen LogP) is 3.06. The van der Waals surface area contributed by atoms with Crippen LogP contribution in [-0.4, -0.2) is 72.5 Å². The van der Waals surface area contributed by atoms with Gasteiger partial charge in [-0.2, -0.15) is 0 Å². The lowest BCUT2D eigenvalue weighted by Crippen LogP contribution is -2.46. The zero-order chi connectivity index (χ0) is 27.4. The van der Waals surface area contributed by atoms with E-state index in [0.717, 1.165) is 12.1 Å². The molecule has 1 aromatic rings. The fraction of sp³-hybridized carbons (Fsp3) is 0.393. The minimum absolute atomic E-state index is 0.0726. The van der Waals surface area contributed by atoms with Crippen LogP contribution in [-0.2, 0) is 14.3 Å². The topological polar surface area (TPSA) is 157 Å². The number of amides is 2. The summed E-state index contributed by atoms with van der Waals surface area (Å²) in [6, 6.07) is 6.60. The van der Waals surface area contributed by atoms with Crippen molar-refractivity contribution in [1.29, 1.82) is 16.2 Å². The standard InChI is InChI=1S/C28H34N6O4/c1-18(31)38-25(32)19-3-5-20(6-4-19)26(35)33-12-9-28(10-13-33)11-14-34(27(28)36)22-7-8-23(21(16-29)17-30)24(15-22)37-2/h3-8,15-17,23-24,29,31-32H,9-14,30H2,1-2H3/b21-17+,29-16?,31-18?,32-25?. The molecule has 1 aliphatic carbocycles. The molecule has 2 aliphatic heterocycles. The van der Waals surface area contributed by atoms with Crippen LogP contribution >= 0.6 is 0 Å². The van der Waals surface area contributed by atoms with Gasteiger partial charge >= 0.3 is 0 Å². The Labute approximate surface area is 222 Å². The first-order valence-electron chi connectivity index (χ1n) is 12.6. The Morgan fingerprint density at radius 3 is 2.32 bits per heavy atom. The first-order chi connectivity index (χ1) is 18.2. The van der Waals surface area contributed by atoms with Gasteiger partial charge in [0.05, 0.1) is 11.5 Å². The second-order valence-electron chi connectivity index (χ2n) is 9.83. The number of hydrogen-bond acceptors (Lipinski definition) is 8. The molecule has 0 radical (unpaired) electrons. The van der Waals surface area contributed by atoms with Crippen molar-refractivity contribution in [3.05, 3.63) is 71.1 Å². The summed E-state index contributed by atoms with van der Waals surface area (Å²) in [4.78, 5) is 30.3. The van der Waals surface area contributed by atoms with Crippen LogP contribution in [0.4, 0.5) is 0 Å². The Hall–Kier alpha value is -4.05. The number of carbonyl (C=O) groups is 2. The highest BCUT2D eigenvalue weighted by atomic mass is 16.5. The molecule has 0 aromatic heterocycles. The smallest absolute Gasteiger partial charge is 0.253 e. The molecule has 2 heterocycles. The van der Waals surface area contributed by atoms with E-state index in [1.165, 1.54) is 19.3 Å². The van der Waals surface area contributed by atoms with Crippen molar-refractivity contribution >= 4 is 29.8 Å². The van der Waals surface area contributed by atoms with Gasteiger partial charge in [0, 0.05) is 62.6 Å². The number of likely N-dealkylation sites (tertiary alicyclic amines) is 2. The van der Waals surface area contributed by atoms with Crippen LogP contribution in [0, 0.1) is 27.6 Å². The van der Waals surface area contributed by atoms with Gasteiger partial charge in [0.25, 0.3) is 5.91 Å². The molecule has 0 bridgehead atoms. The lowest BCUT2D eigenvalue weighted by molar-refractivity contribution is -0.136. The Morgan fingerprint density at radius 1 is 1.11 bits per heavy atom. The van der Waals surface area contributed by atoms with E-state index in [-0.39, 0.29) is 35.6 Å². The van der Waals surface area contributed by atoms with Crippen LogP contribution in [0.15, 0.2) is 60.0 Å². The van der Waals surface area contributed by atoms with Crippen molar-refractivity contribution in [2.45, 2.75) is 32.3 Å². The van der Waals surface area contributed by atoms with Crippen LogP contribution in [0.2, 0.25) is 0 Å². The fourth-order valence-electron chi connectivity index (χ4n) is 5.42. The normalized spacial score (nSPS) is 22.8. The number of methoxy groups -OCH3 is 1. The van der Waals surface area contributed by atoms with Gasteiger partial charge in [-0.15, -0.1) is 0 Å². The van der Waals surface area contributed by atoms with E-state index in [2.05, 4.69) is 0 Å². The number of benzene rings is 1. The second-order valence-corrected chi connectivity index (χ2v) is 9.83. The van der Waals surface area contributed by atoms with Crippen molar-refractivity contribution in [2.75, 3.05) is 26.7 Å². The second kappa shape index (κ2) is 11.1. The molecule has 1 spiro atoms. The lowest BCUT2D eigenvalue weighted by Gasteiger charge is -2.38. The van der Waals surface area contributed by atoms with Gasteiger partial charge < -0.3 is 30.4 Å².